The molecule has 0 unspecified atom stereocenters. The lowest BCUT2D eigenvalue weighted by molar-refractivity contribution is 1.01. The lowest BCUT2D eigenvalue weighted by atomic mass is 10.0. The van der Waals surface area contributed by atoms with E-state index in [4.69, 9.17) is 15.0 Å². The van der Waals surface area contributed by atoms with Gasteiger partial charge in [0.2, 0.25) is 11.7 Å². The number of nitrogens with zero attached hydrogens (tertiary/aromatic N) is 7. The minimum atomic E-state index is 0.650. The molecule has 8 aromatic carbocycles. The highest BCUT2D eigenvalue weighted by atomic mass is 15.2. The summed E-state index contributed by atoms with van der Waals surface area (Å²) < 4.78 is 9.13. The predicted molar refractivity (Wildman–Crippen MR) is 245 cm³/mol. The monoisotopic (exact) mass is 767 g/mol. The van der Waals surface area contributed by atoms with Crippen LogP contribution in [-0.4, -0.2) is 33.1 Å². The number of para-hydroxylation sites is 5. The Morgan fingerprint density at radius 2 is 0.900 bits per heavy atom. The van der Waals surface area contributed by atoms with Crippen LogP contribution in [0.1, 0.15) is 0 Å². The molecule has 0 saturated heterocycles. The number of fused-ring (bicyclic) bond motifs is 11. The average molecular weight is 768 g/mol. The molecule has 5 heterocycles. The molecule has 0 aliphatic carbocycles. The number of imidazole rings is 2. The highest BCUT2D eigenvalue weighted by molar-refractivity contribution is 6.12. The van der Waals surface area contributed by atoms with Gasteiger partial charge in [0.1, 0.15) is 5.52 Å². The van der Waals surface area contributed by atoms with Crippen LogP contribution in [0.3, 0.4) is 0 Å². The normalized spacial score (nSPS) is 12.0. The molecule has 0 atom stereocenters. The van der Waals surface area contributed by atoms with E-state index in [1.165, 1.54) is 0 Å². The van der Waals surface area contributed by atoms with Gasteiger partial charge in [-0.05, 0) is 77.9 Å². The second kappa shape index (κ2) is 12.6. The maximum absolute atomic E-state index is 5.47. The van der Waals surface area contributed by atoms with Crippen LogP contribution < -0.4 is 0 Å². The van der Waals surface area contributed by atoms with E-state index < -0.39 is 0 Å². The Morgan fingerprint density at radius 1 is 0.333 bits per heavy atom. The van der Waals surface area contributed by atoms with Crippen LogP contribution >= 0.6 is 0 Å². The maximum Gasteiger partial charge on any atom is 0.235 e. The van der Waals surface area contributed by atoms with Crippen molar-refractivity contribution in [3.8, 4) is 39.7 Å². The summed E-state index contributed by atoms with van der Waals surface area (Å²) >= 11 is 0. The van der Waals surface area contributed by atoms with Crippen molar-refractivity contribution < 1.29 is 0 Å². The Bertz CT molecular complexity index is 3820. The molecule has 0 radical (unpaired) electrons. The molecule has 5 aromatic heterocycles. The zero-order chi connectivity index (χ0) is 39.3. The van der Waals surface area contributed by atoms with Gasteiger partial charge in [-0.15, -0.1) is 0 Å². The fourth-order valence-corrected chi connectivity index (χ4v) is 9.35. The summed E-state index contributed by atoms with van der Waals surface area (Å²) in [5.41, 5.74) is 14.7. The summed E-state index contributed by atoms with van der Waals surface area (Å²) in [5.74, 6) is 1.52. The van der Waals surface area contributed by atoms with Crippen LogP contribution in [0.25, 0.3) is 111 Å². The zero-order valence-electron chi connectivity index (χ0n) is 32.2. The lowest BCUT2D eigenvalue weighted by Gasteiger charge is -2.12. The third kappa shape index (κ3) is 4.68. The first-order chi connectivity index (χ1) is 29.8. The van der Waals surface area contributed by atoms with Gasteiger partial charge < -0.3 is 0 Å². The molecule has 0 saturated carbocycles. The summed E-state index contributed by atoms with van der Waals surface area (Å²) in [6.45, 7) is 0. The molecule has 7 heteroatoms. The van der Waals surface area contributed by atoms with E-state index >= 15 is 0 Å². The van der Waals surface area contributed by atoms with Gasteiger partial charge >= 0.3 is 0 Å². The quantitative estimate of drug-likeness (QED) is 0.175. The summed E-state index contributed by atoms with van der Waals surface area (Å²) in [6.07, 6.45) is 0. The van der Waals surface area contributed by atoms with Crippen LogP contribution in [-0.2, 0) is 0 Å². The van der Waals surface area contributed by atoms with Crippen LogP contribution in [0.4, 0.5) is 0 Å². The molecule has 13 rings (SSSR count). The first-order valence-corrected chi connectivity index (χ1v) is 20.2. The van der Waals surface area contributed by atoms with Crippen molar-refractivity contribution in [3.05, 3.63) is 200 Å². The molecule has 0 fully saturated rings. The number of rotatable bonds is 5. The van der Waals surface area contributed by atoms with Crippen molar-refractivity contribution in [1.82, 2.24) is 33.1 Å². The third-order valence-corrected chi connectivity index (χ3v) is 12.0. The van der Waals surface area contributed by atoms with Gasteiger partial charge in [0.15, 0.2) is 5.65 Å². The van der Waals surface area contributed by atoms with Gasteiger partial charge in [-0.2, -0.15) is 4.98 Å². The lowest BCUT2D eigenvalue weighted by Crippen LogP contribution is -2.03. The molecular weight excluding hydrogens is 735 g/mol. The molecule has 13 aromatic rings. The Kier molecular flexibility index (Phi) is 6.88. The van der Waals surface area contributed by atoms with Crippen molar-refractivity contribution in [2.75, 3.05) is 0 Å². The molecule has 7 nitrogen and oxygen atoms in total. The number of hydrogen-bond acceptors (Lipinski definition) is 3. The molecule has 60 heavy (non-hydrogen) atoms. The van der Waals surface area contributed by atoms with Gasteiger partial charge in [-0.3, -0.25) is 18.1 Å². The van der Waals surface area contributed by atoms with E-state index in [0.29, 0.717) is 5.95 Å². The Labute approximate surface area is 343 Å². The molecule has 0 bridgehead atoms. The van der Waals surface area contributed by atoms with Gasteiger partial charge in [0, 0.05) is 38.5 Å². The Morgan fingerprint density at radius 3 is 1.65 bits per heavy atom. The highest BCUT2D eigenvalue weighted by Gasteiger charge is 2.24. The summed E-state index contributed by atoms with van der Waals surface area (Å²) in [7, 11) is 0. The van der Waals surface area contributed by atoms with Crippen molar-refractivity contribution in [2.24, 2.45) is 0 Å². The van der Waals surface area contributed by atoms with Gasteiger partial charge in [0.25, 0.3) is 0 Å². The van der Waals surface area contributed by atoms with E-state index in [-0.39, 0.29) is 0 Å². The molecule has 0 N–H and O–H groups in total. The van der Waals surface area contributed by atoms with Crippen LogP contribution in [0.15, 0.2) is 200 Å². The average Bonchev–Trinajstić information content (AvgIpc) is 4.04. The third-order valence-electron chi connectivity index (χ3n) is 12.0. The number of hydrogen-bond donors (Lipinski definition) is 0. The molecule has 0 amide bonds. The Balaban J connectivity index is 1.04. The van der Waals surface area contributed by atoms with E-state index in [0.717, 1.165) is 105 Å². The topological polar surface area (TPSA) is 57.9 Å². The van der Waals surface area contributed by atoms with Crippen molar-refractivity contribution in [2.45, 2.75) is 0 Å². The SMILES string of the molecule is c1ccc(-c2nc(-n3c4ccccc4c4cc(-c5ccc6c(c5)n(-c5ccccc5)c5nc7c(c8ccccc8n7-c7ccccc7)n65)ccc43)nc3ccccc23)cc1. The fraction of sp³-hybridized carbons (Fsp3) is 0. The number of aromatic nitrogens is 7. The summed E-state index contributed by atoms with van der Waals surface area (Å²) in [6, 6.07) is 70.5. The minimum absolute atomic E-state index is 0.650. The van der Waals surface area contributed by atoms with E-state index in [2.05, 4.69) is 206 Å². The maximum atomic E-state index is 5.47. The second-order valence-corrected chi connectivity index (χ2v) is 15.3. The second-order valence-electron chi connectivity index (χ2n) is 15.3. The molecule has 280 valence electrons. The van der Waals surface area contributed by atoms with Gasteiger partial charge in [0.05, 0.1) is 38.8 Å². The summed E-state index contributed by atoms with van der Waals surface area (Å²) in [5, 5.41) is 4.48. The first-order valence-electron chi connectivity index (χ1n) is 20.2. The van der Waals surface area contributed by atoms with Crippen molar-refractivity contribution >= 4 is 71.6 Å². The Hall–Kier alpha value is -8.29. The van der Waals surface area contributed by atoms with E-state index in [1.54, 1.807) is 0 Å². The first kappa shape index (κ1) is 32.8. The van der Waals surface area contributed by atoms with E-state index in [1.807, 2.05) is 12.1 Å². The minimum Gasteiger partial charge on any atom is -0.292 e. The molecule has 0 spiro atoms. The number of benzene rings is 8. The van der Waals surface area contributed by atoms with Crippen molar-refractivity contribution in [1.29, 1.82) is 0 Å². The van der Waals surface area contributed by atoms with Crippen LogP contribution in [0.2, 0.25) is 0 Å². The van der Waals surface area contributed by atoms with Crippen LogP contribution in [0.5, 0.6) is 0 Å². The highest BCUT2D eigenvalue weighted by Crippen LogP contribution is 2.40. The largest absolute Gasteiger partial charge is 0.292 e. The van der Waals surface area contributed by atoms with Gasteiger partial charge in [-0.1, -0.05) is 133 Å². The van der Waals surface area contributed by atoms with Gasteiger partial charge in [-0.25, -0.2) is 9.97 Å². The molecule has 0 aliphatic rings. The fourth-order valence-electron chi connectivity index (χ4n) is 9.35. The standard InChI is InChI=1S/C53H33N7/c1-4-16-34(17-5-1)49-40-23-10-13-25-43(40)54-52(55-49)59-44-26-14-11-22-39(44)42-32-35(28-30-46(42)59)36-29-31-47-48(33-36)58(38-20-8-3-9-21-38)53-56-51-50(60(47)53)41-24-12-15-27-45(41)57(51)37-18-6-2-7-19-37/h1-33H. The molecular formula is C53H33N7. The molecule has 0 aliphatic heterocycles. The smallest absolute Gasteiger partial charge is 0.235 e. The van der Waals surface area contributed by atoms with E-state index in [9.17, 15) is 0 Å². The predicted octanol–water partition coefficient (Wildman–Crippen LogP) is 12.7. The van der Waals surface area contributed by atoms with Crippen molar-refractivity contribution in [3.63, 3.8) is 0 Å². The summed E-state index contributed by atoms with van der Waals surface area (Å²) in [4.78, 5) is 15.9. The van der Waals surface area contributed by atoms with Crippen LogP contribution in [0, 0.1) is 0 Å². The zero-order valence-corrected chi connectivity index (χ0v) is 32.2.